The number of ether oxygens (including phenoxy) is 2. The zero-order chi connectivity index (χ0) is 24.4. The van der Waals surface area contributed by atoms with Crippen molar-refractivity contribution in [1.29, 1.82) is 0 Å². The zero-order valence-corrected chi connectivity index (χ0v) is 17.7. The van der Waals surface area contributed by atoms with Crippen LogP contribution in [0.3, 0.4) is 0 Å². The van der Waals surface area contributed by atoms with Gasteiger partial charge in [-0.3, -0.25) is 10.1 Å². The molecular formula is C18H15F3N4O7S. The molecule has 1 N–H and O–H groups in total. The van der Waals surface area contributed by atoms with Crippen LogP contribution < -0.4 is 14.2 Å². The van der Waals surface area contributed by atoms with Crippen molar-refractivity contribution >= 4 is 15.7 Å². The van der Waals surface area contributed by atoms with Crippen LogP contribution in [-0.4, -0.2) is 37.8 Å². The van der Waals surface area contributed by atoms with Crippen molar-refractivity contribution in [1.82, 2.24) is 14.9 Å². The van der Waals surface area contributed by atoms with Crippen molar-refractivity contribution in [2.24, 2.45) is 0 Å². The number of methoxy groups -OCH3 is 2. The fourth-order valence-electron chi connectivity index (χ4n) is 2.72. The second-order valence-electron chi connectivity index (χ2n) is 6.35. The molecule has 0 aliphatic rings. The summed E-state index contributed by atoms with van der Waals surface area (Å²) in [6.07, 6.45) is -4.96. The molecule has 3 rings (SSSR count). The van der Waals surface area contributed by atoms with E-state index in [9.17, 15) is 31.7 Å². The molecule has 0 saturated carbocycles. The fraction of sp³-hybridized carbons (Fsp3) is 0.222. The minimum absolute atomic E-state index is 0.294. The molecule has 2 aromatic carbocycles. The van der Waals surface area contributed by atoms with Crippen LogP contribution in [-0.2, 0) is 22.7 Å². The summed E-state index contributed by atoms with van der Waals surface area (Å²) in [6, 6.07) is 7.09. The number of nitrogens with one attached hydrogen (secondary N) is 1. The van der Waals surface area contributed by atoms with Gasteiger partial charge < -0.3 is 13.9 Å². The van der Waals surface area contributed by atoms with Crippen LogP contribution in [0.15, 0.2) is 45.7 Å². The summed E-state index contributed by atoms with van der Waals surface area (Å²) < 4.78 is 81.5. The molecule has 15 heteroatoms. The standard InChI is InChI=1S/C18H15F3N4O7S/c1-30-12-5-3-10(14(8-12)31-2)9-22-33(28,29)15-7-11(25(26)27)4-6-13(15)16-23-24-17(32-16)18(19,20)21/h3-8,22H,9H2,1-2H3. The number of aromatic nitrogens is 2. The maximum atomic E-state index is 13.0. The molecule has 3 aromatic rings. The molecule has 176 valence electrons. The molecule has 11 nitrogen and oxygen atoms in total. The normalized spacial score (nSPS) is 11.9. The first-order valence-electron chi connectivity index (χ1n) is 8.86. The SMILES string of the molecule is COc1ccc(CNS(=O)(=O)c2cc([N+](=O)[O-])ccc2-c2nnc(C(F)(F)F)o2)c(OC)c1. The van der Waals surface area contributed by atoms with Crippen LogP contribution in [0, 0.1) is 10.1 Å². The highest BCUT2D eigenvalue weighted by Gasteiger charge is 2.39. The number of rotatable bonds is 8. The number of non-ortho nitro benzene ring substituents is 1. The maximum absolute atomic E-state index is 13.0. The van der Waals surface area contributed by atoms with Gasteiger partial charge in [0.15, 0.2) is 0 Å². The monoisotopic (exact) mass is 488 g/mol. The van der Waals surface area contributed by atoms with Gasteiger partial charge in [-0.05, 0) is 12.1 Å². The van der Waals surface area contributed by atoms with E-state index < -0.39 is 49.1 Å². The third-order valence-electron chi connectivity index (χ3n) is 4.31. The molecule has 33 heavy (non-hydrogen) atoms. The van der Waals surface area contributed by atoms with Crippen LogP contribution in [0.2, 0.25) is 0 Å². The summed E-state index contributed by atoms with van der Waals surface area (Å²) in [6.45, 7) is -0.310. The lowest BCUT2D eigenvalue weighted by Crippen LogP contribution is -2.24. The summed E-state index contributed by atoms with van der Waals surface area (Å²) >= 11 is 0. The molecular weight excluding hydrogens is 473 g/mol. The largest absolute Gasteiger partial charge is 0.497 e. The van der Waals surface area contributed by atoms with E-state index in [2.05, 4.69) is 19.3 Å². The van der Waals surface area contributed by atoms with Crippen molar-refractivity contribution in [3.63, 3.8) is 0 Å². The summed E-state index contributed by atoms with van der Waals surface area (Å²) in [5.41, 5.74) is -0.666. The molecule has 1 heterocycles. The van der Waals surface area contributed by atoms with Gasteiger partial charge in [0, 0.05) is 30.3 Å². The maximum Gasteiger partial charge on any atom is 0.470 e. The smallest absolute Gasteiger partial charge is 0.470 e. The van der Waals surface area contributed by atoms with Gasteiger partial charge in [0.05, 0.1) is 24.7 Å². The zero-order valence-electron chi connectivity index (χ0n) is 16.9. The second-order valence-corrected chi connectivity index (χ2v) is 8.09. The van der Waals surface area contributed by atoms with Crippen LogP contribution in [0.25, 0.3) is 11.5 Å². The molecule has 0 bridgehead atoms. The number of halogens is 3. The molecule has 0 saturated heterocycles. The number of alkyl halides is 3. The van der Waals surface area contributed by atoms with E-state index in [0.29, 0.717) is 23.1 Å². The van der Waals surface area contributed by atoms with Gasteiger partial charge in [0.1, 0.15) is 16.4 Å². The van der Waals surface area contributed by atoms with Crippen molar-refractivity contribution in [3.8, 4) is 23.0 Å². The third-order valence-corrected chi connectivity index (χ3v) is 5.75. The highest BCUT2D eigenvalue weighted by Crippen LogP contribution is 2.34. The molecule has 0 amide bonds. The van der Waals surface area contributed by atoms with Crippen molar-refractivity contribution < 1.29 is 40.4 Å². The lowest BCUT2D eigenvalue weighted by atomic mass is 10.2. The third kappa shape index (κ3) is 5.20. The van der Waals surface area contributed by atoms with E-state index in [1.165, 1.54) is 26.4 Å². The Morgan fingerprint density at radius 2 is 1.85 bits per heavy atom. The molecule has 0 spiro atoms. The van der Waals surface area contributed by atoms with Crippen LogP contribution in [0.4, 0.5) is 18.9 Å². The Balaban J connectivity index is 2.01. The number of benzene rings is 2. The predicted octanol–water partition coefficient (Wildman–Crippen LogP) is 3.16. The molecule has 0 aliphatic carbocycles. The Kier molecular flexibility index (Phi) is 6.55. The number of sulfonamides is 1. The minimum Gasteiger partial charge on any atom is -0.497 e. The average Bonchev–Trinajstić information content (AvgIpc) is 3.28. The Bertz CT molecular complexity index is 1290. The average molecular weight is 488 g/mol. The van der Waals surface area contributed by atoms with Gasteiger partial charge in [-0.1, -0.05) is 6.07 Å². The van der Waals surface area contributed by atoms with Gasteiger partial charge in [-0.15, -0.1) is 10.2 Å². The molecule has 1 aromatic heterocycles. The van der Waals surface area contributed by atoms with E-state index in [1.54, 1.807) is 6.07 Å². The minimum atomic E-state index is -4.96. The van der Waals surface area contributed by atoms with Crippen molar-refractivity contribution in [2.45, 2.75) is 17.6 Å². The van der Waals surface area contributed by atoms with Gasteiger partial charge in [0.2, 0.25) is 15.9 Å². The highest BCUT2D eigenvalue weighted by atomic mass is 32.2. The fourth-order valence-corrected chi connectivity index (χ4v) is 3.94. The van der Waals surface area contributed by atoms with E-state index in [-0.39, 0.29) is 6.54 Å². The topological polar surface area (TPSA) is 147 Å². The first-order valence-corrected chi connectivity index (χ1v) is 10.3. The van der Waals surface area contributed by atoms with Gasteiger partial charge in [-0.2, -0.15) is 13.2 Å². The van der Waals surface area contributed by atoms with E-state index >= 15 is 0 Å². The predicted molar refractivity (Wildman–Crippen MR) is 105 cm³/mol. The first kappa shape index (κ1) is 23.9. The van der Waals surface area contributed by atoms with Gasteiger partial charge in [-0.25, -0.2) is 13.1 Å². The van der Waals surface area contributed by atoms with Crippen LogP contribution in [0.5, 0.6) is 11.5 Å². The Morgan fingerprint density at radius 3 is 2.42 bits per heavy atom. The molecule has 0 unspecified atom stereocenters. The van der Waals surface area contributed by atoms with Crippen molar-refractivity contribution in [3.05, 3.63) is 58.0 Å². The summed E-state index contributed by atoms with van der Waals surface area (Å²) in [7, 11) is -1.72. The first-order chi connectivity index (χ1) is 15.5. The van der Waals surface area contributed by atoms with Crippen LogP contribution in [0.1, 0.15) is 11.5 Å². The summed E-state index contributed by atoms with van der Waals surface area (Å²) in [5, 5.41) is 17.2. The van der Waals surface area contributed by atoms with Crippen LogP contribution >= 0.6 is 0 Å². The summed E-state index contributed by atoms with van der Waals surface area (Å²) in [4.78, 5) is 9.57. The Morgan fingerprint density at radius 1 is 1.12 bits per heavy atom. The van der Waals surface area contributed by atoms with E-state index in [1.807, 2.05) is 0 Å². The van der Waals surface area contributed by atoms with Crippen molar-refractivity contribution in [2.75, 3.05) is 14.2 Å². The van der Waals surface area contributed by atoms with Gasteiger partial charge in [0.25, 0.3) is 5.69 Å². The second kappa shape index (κ2) is 9.03. The Hall–Kier alpha value is -3.72. The molecule has 0 aliphatic heterocycles. The number of nitro groups is 1. The highest BCUT2D eigenvalue weighted by molar-refractivity contribution is 7.89. The lowest BCUT2D eigenvalue weighted by Gasteiger charge is -2.13. The molecule has 0 radical (unpaired) electrons. The number of nitro benzene ring substituents is 1. The molecule has 0 atom stereocenters. The number of hydrogen-bond acceptors (Lipinski definition) is 9. The van der Waals surface area contributed by atoms with E-state index in [0.717, 1.165) is 12.1 Å². The number of nitrogens with zero attached hydrogens (tertiary/aromatic N) is 3. The van der Waals surface area contributed by atoms with E-state index in [4.69, 9.17) is 9.47 Å². The lowest BCUT2D eigenvalue weighted by molar-refractivity contribution is -0.385. The summed E-state index contributed by atoms with van der Waals surface area (Å²) in [5.74, 6) is -1.73. The number of hydrogen-bond donors (Lipinski definition) is 1. The van der Waals surface area contributed by atoms with Gasteiger partial charge >= 0.3 is 12.1 Å². The quantitative estimate of drug-likeness (QED) is 0.373. The molecule has 0 fully saturated rings. The Labute approximate surface area is 184 Å².